The van der Waals surface area contributed by atoms with Crippen molar-refractivity contribution in [3.05, 3.63) is 95.1 Å². The average Bonchev–Trinajstić information content (AvgIpc) is 3.09. The van der Waals surface area contributed by atoms with E-state index in [1.54, 1.807) is 0 Å². The second-order valence-corrected chi connectivity index (χ2v) is 12.2. The van der Waals surface area contributed by atoms with Crippen LogP contribution >= 0.6 is 0 Å². The fourth-order valence-electron chi connectivity index (χ4n) is 6.16. The van der Waals surface area contributed by atoms with Gasteiger partial charge in [0.15, 0.2) is 5.78 Å². The molecule has 7 heteroatoms. The van der Waals surface area contributed by atoms with E-state index in [0.29, 0.717) is 0 Å². The number of ketones is 1. The van der Waals surface area contributed by atoms with Crippen LogP contribution in [0.3, 0.4) is 0 Å². The number of benzene rings is 4. The topological polar surface area (TPSA) is 117 Å². The average molecular weight is 625 g/mol. The van der Waals surface area contributed by atoms with Crippen LogP contribution in [0.5, 0.6) is 0 Å². The van der Waals surface area contributed by atoms with Gasteiger partial charge in [0.05, 0.1) is 0 Å². The molecule has 0 atom stereocenters. The molecule has 8 N–H and O–H groups in total. The molecule has 4 aromatic rings. The molecule has 4 rings (SSSR count). The summed E-state index contributed by atoms with van der Waals surface area (Å²) in [4.78, 5) is 14.5. The van der Waals surface area contributed by atoms with E-state index in [2.05, 4.69) is 81.9 Å². The van der Waals surface area contributed by atoms with Gasteiger partial charge < -0.3 is 32.7 Å². The first-order chi connectivity index (χ1) is 22.7. The second-order valence-electron chi connectivity index (χ2n) is 12.2. The van der Waals surface area contributed by atoms with Crippen LogP contribution in [0.2, 0.25) is 0 Å². The molecule has 248 valence electrons. The Balaban J connectivity index is 1.43. The van der Waals surface area contributed by atoms with Crippen molar-refractivity contribution in [2.75, 3.05) is 65.4 Å². The molecule has 0 saturated carbocycles. The van der Waals surface area contributed by atoms with E-state index in [-0.39, 0.29) is 5.78 Å². The lowest BCUT2D eigenvalue weighted by Crippen LogP contribution is -2.23. The van der Waals surface area contributed by atoms with E-state index in [0.717, 1.165) is 139 Å². The number of nitrogens with one attached hydrogen (secondary N) is 4. The summed E-state index contributed by atoms with van der Waals surface area (Å²) in [6.07, 6.45) is 8.19. The second kappa shape index (κ2) is 20.9. The van der Waals surface area contributed by atoms with Crippen LogP contribution in [0.4, 0.5) is 0 Å². The van der Waals surface area contributed by atoms with Crippen LogP contribution in [-0.2, 0) is 12.8 Å². The van der Waals surface area contributed by atoms with Crippen molar-refractivity contribution in [3.63, 3.8) is 0 Å². The largest absolute Gasteiger partial charge is 0.330 e. The van der Waals surface area contributed by atoms with Crippen LogP contribution in [-0.4, -0.2) is 71.2 Å². The van der Waals surface area contributed by atoms with Crippen molar-refractivity contribution in [1.29, 1.82) is 0 Å². The molecule has 7 nitrogen and oxygen atoms in total. The Morgan fingerprint density at radius 2 is 0.826 bits per heavy atom. The zero-order valence-electron chi connectivity index (χ0n) is 27.7. The molecule has 0 bridgehead atoms. The Morgan fingerprint density at radius 1 is 0.457 bits per heavy atom. The lowest BCUT2D eigenvalue weighted by molar-refractivity contribution is 0.103. The Bertz CT molecular complexity index is 1360. The minimum absolute atomic E-state index is 0.119. The zero-order valence-corrected chi connectivity index (χ0v) is 27.7. The van der Waals surface area contributed by atoms with Crippen LogP contribution in [0.25, 0.3) is 21.5 Å². The number of hydrogen-bond donors (Lipinski definition) is 6. The Kier molecular flexibility index (Phi) is 16.2. The normalized spacial score (nSPS) is 11.5. The van der Waals surface area contributed by atoms with Gasteiger partial charge in [-0.05, 0) is 149 Å². The predicted molar refractivity (Wildman–Crippen MR) is 196 cm³/mol. The quantitative estimate of drug-likeness (QED) is 0.0484. The summed E-state index contributed by atoms with van der Waals surface area (Å²) in [6.45, 7) is 9.14. The van der Waals surface area contributed by atoms with E-state index in [1.807, 2.05) is 12.1 Å². The highest BCUT2D eigenvalue weighted by molar-refractivity contribution is 6.15. The molecule has 0 spiro atoms. The molecule has 0 fully saturated rings. The number of unbranched alkanes of at least 4 members (excludes halogenated alkanes) is 2. The third kappa shape index (κ3) is 11.0. The monoisotopic (exact) mass is 624 g/mol. The van der Waals surface area contributed by atoms with Gasteiger partial charge in [-0.2, -0.15) is 0 Å². The van der Waals surface area contributed by atoms with E-state index in [9.17, 15) is 4.79 Å². The summed E-state index contributed by atoms with van der Waals surface area (Å²) in [5.41, 5.74) is 15.0. The van der Waals surface area contributed by atoms with Gasteiger partial charge in [-0.3, -0.25) is 4.79 Å². The molecule has 0 aliphatic heterocycles. The summed E-state index contributed by atoms with van der Waals surface area (Å²) in [6, 6.07) is 25.2. The predicted octanol–water partition coefficient (Wildman–Crippen LogP) is 4.93. The molecule has 46 heavy (non-hydrogen) atoms. The van der Waals surface area contributed by atoms with Crippen molar-refractivity contribution < 1.29 is 4.79 Å². The molecular weight excluding hydrogens is 568 g/mol. The molecule has 0 aliphatic carbocycles. The number of nitrogens with two attached hydrogens (primary N) is 2. The molecule has 0 saturated heterocycles. The Hall–Kier alpha value is -3.17. The molecule has 0 amide bonds. The highest BCUT2D eigenvalue weighted by Gasteiger charge is 2.20. The third-order valence-corrected chi connectivity index (χ3v) is 8.70. The Labute approximate surface area is 276 Å². The number of carbonyl (C=O) groups excluding carboxylic acids is 1. The minimum atomic E-state index is 0.119. The van der Waals surface area contributed by atoms with Crippen LogP contribution in [0.1, 0.15) is 65.6 Å². The van der Waals surface area contributed by atoms with Gasteiger partial charge >= 0.3 is 0 Å². The summed E-state index contributed by atoms with van der Waals surface area (Å²) >= 11 is 0. The number of carbonyl (C=O) groups is 1. The maximum Gasteiger partial charge on any atom is 0.193 e. The smallest absolute Gasteiger partial charge is 0.193 e. The SMILES string of the molecule is NCCCNCCCCNCCc1c(C(=O)c2ccc3ccccc3c2CCNCCCCNCCCN)ccc2ccccc12. The lowest BCUT2D eigenvalue weighted by atomic mass is 9.88. The van der Waals surface area contributed by atoms with Crippen molar-refractivity contribution in [2.45, 2.75) is 51.4 Å². The first kappa shape index (κ1) is 35.7. The molecule has 0 unspecified atom stereocenters. The highest BCUT2D eigenvalue weighted by Crippen LogP contribution is 2.29. The number of hydrogen-bond acceptors (Lipinski definition) is 7. The summed E-state index contributed by atoms with van der Waals surface area (Å²) in [5, 5.41) is 18.8. The lowest BCUT2D eigenvalue weighted by Gasteiger charge is -2.17. The maximum absolute atomic E-state index is 14.5. The summed E-state index contributed by atoms with van der Waals surface area (Å²) in [7, 11) is 0. The standard InChI is InChI=1S/C39H56N6O/c40-21-9-27-42-23-5-7-25-44-29-19-35-33-13-3-1-11-31(33)15-17-37(35)39(46)38-18-16-32-12-2-4-14-34(32)36(38)20-30-45-26-8-6-24-43-28-10-22-41/h1-4,11-18,42-45H,5-10,19-30,40-41H2. The fraction of sp³-hybridized carbons (Fsp3) is 0.462. The summed E-state index contributed by atoms with van der Waals surface area (Å²) in [5.74, 6) is 0.119. The molecule has 0 heterocycles. The van der Waals surface area contributed by atoms with E-state index < -0.39 is 0 Å². The van der Waals surface area contributed by atoms with Crippen molar-refractivity contribution >= 4 is 27.3 Å². The Morgan fingerprint density at radius 3 is 1.24 bits per heavy atom. The molecule has 0 radical (unpaired) electrons. The van der Waals surface area contributed by atoms with Crippen LogP contribution in [0, 0.1) is 0 Å². The van der Waals surface area contributed by atoms with Crippen LogP contribution < -0.4 is 32.7 Å². The highest BCUT2D eigenvalue weighted by atomic mass is 16.1. The van der Waals surface area contributed by atoms with E-state index in [1.165, 1.54) is 21.5 Å². The van der Waals surface area contributed by atoms with Crippen LogP contribution in [0.15, 0.2) is 72.8 Å². The van der Waals surface area contributed by atoms with Gasteiger partial charge in [0, 0.05) is 11.1 Å². The van der Waals surface area contributed by atoms with Gasteiger partial charge in [0.1, 0.15) is 0 Å². The van der Waals surface area contributed by atoms with Crippen molar-refractivity contribution in [2.24, 2.45) is 11.5 Å². The van der Waals surface area contributed by atoms with Gasteiger partial charge in [-0.1, -0.05) is 72.8 Å². The number of rotatable bonds is 24. The molecule has 0 aliphatic rings. The first-order valence-electron chi connectivity index (χ1n) is 17.5. The van der Waals surface area contributed by atoms with Gasteiger partial charge in [0.2, 0.25) is 0 Å². The first-order valence-corrected chi connectivity index (χ1v) is 17.5. The molecule has 4 aromatic carbocycles. The third-order valence-electron chi connectivity index (χ3n) is 8.70. The van der Waals surface area contributed by atoms with Gasteiger partial charge in [0.25, 0.3) is 0 Å². The summed E-state index contributed by atoms with van der Waals surface area (Å²) < 4.78 is 0. The minimum Gasteiger partial charge on any atom is -0.330 e. The van der Waals surface area contributed by atoms with Crippen molar-refractivity contribution in [3.8, 4) is 0 Å². The van der Waals surface area contributed by atoms with E-state index in [4.69, 9.17) is 11.5 Å². The van der Waals surface area contributed by atoms with E-state index >= 15 is 0 Å². The van der Waals surface area contributed by atoms with Gasteiger partial charge in [-0.25, -0.2) is 0 Å². The maximum atomic E-state index is 14.5. The van der Waals surface area contributed by atoms with Crippen molar-refractivity contribution in [1.82, 2.24) is 21.3 Å². The zero-order chi connectivity index (χ0) is 32.2. The molecular formula is C39H56N6O. The fourth-order valence-corrected chi connectivity index (χ4v) is 6.16. The van der Waals surface area contributed by atoms with Gasteiger partial charge in [-0.15, -0.1) is 0 Å². The number of fused-ring (bicyclic) bond motifs is 2. The molecule has 0 aromatic heterocycles.